The predicted octanol–water partition coefficient (Wildman–Crippen LogP) is 3.88. The van der Waals surface area contributed by atoms with Gasteiger partial charge >= 0.3 is 0 Å². The monoisotopic (exact) mass is 335 g/mol. The number of rotatable bonds is 4. The molecule has 4 rings (SSSR count). The lowest BCUT2D eigenvalue weighted by Gasteiger charge is -2.40. The van der Waals surface area contributed by atoms with E-state index in [1.807, 2.05) is 12.3 Å². The van der Waals surface area contributed by atoms with Crippen LogP contribution in [0.1, 0.15) is 36.1 Å². The molecule has 3 heteroatoms. The highest BCUT2D eigenvalue weighted by atomic mass is 15.2. The maximum Gasteiger partial charge on any atom is 0.0543 e. The third kappa shape index (κ3) is 4.10. The molecule has 0 amide bonds. The van der Waals surface area contributed by atoms with E-state index in [1.54, 1.807) is 0 Å². The van der Waals surface area contributed by atoms with Gasteiger partial charge in [-0.3, -0.25) is 14.8 Å². The van der Waals surface area contributed by atoms with Gasteiger partial charge in [0.25, 0.3) is 0 Å². The van der Waals surface area contributed by atoms with Gasteiger partial charge in [0, 0.05) is 32.4 Å². The third-order valence-corrected chi connectivity index (χ3v) is 5.86. The largest absolute Gasteiger partial charge is 0.298 e. The molecular weight excluding hydrogens is 306 g/mol. The summed E-state index contributed by atoms with van der Waals surface area (Å²) in [6.07, 6.45) is 5.97. The van der Waals surface area contributed by atoms with Crippen LogP contribution >= 0.6 is 0 Å². The molecule has 3 heterocycles. The smallest absolute Gasteiger partial charge is 0.0543 e. The molecule has 0 N–H and O–H groups in total. The van der Waals surface area contributed by atoms with Crippen molar-refractivity contribution in [1.29, 1.82) is 0 Å². The van der Waals surface area contributed by atoms with Crippen molar-refractivity contribution in [2.75, 3.05) is 26.2 Å². The normalized spacial score (nSPS) is 24.8. The van der Waals surface area contributed by atoms with Gasteiger partial charge in [0.15, 0.2) is 0 Å². The first-order valence-electron chi connectivity index (χ1n) is 9.61. The van der Waals surface area contributed by atoms with Crippen LogP contribution in [0, 0.1) is 12.3 Å². The molecule has 2 aromatic rings. The molecule has 0 aliphatic carbocycles. The molecule has 3 nitrogen and oxygen atoms in total. The Morgan fingerprint density at radius 1 is 0.960 bits per heavy atom. The lowest BCUT2D eigenvalue weighted by molar-refractivity contribution is 0.0865. The molecule has 0 radical (unpaired) electrons. The fourth-order valence-corrected chi connectivity index (χ4v) is 4.73. The van der Waals surface area contributed by atoms with Crippen molar-refractivity contribution < 1.29 is 0 Å². The van der Waals surface area contributed by atoms with Gasteiger partial charge in [0.2, 0.25) is 0 Å². The molecule has 2 aliphatic heterocycles. The second-order valence-corrected chi connectivity index (χ2v) is 8.08. The van der Waals surface area contributed by atoms with Crippen molar-refractivity contribution in [3.8, 4) is 0 Å². The molecule has 2 aliphatic rings. The average molecular weight is 335 g/mol. The molecule has 1 spiro atoms. The van der Waals surface area contributed by atoms with Crippen molar-refractivity contribution >= 4 is 0 Å². The molecule has 0 bridgehead atoms. The zero-order chi connectivity index (χ0) is 17.1. The number of aromatic nitrogens is 1. The topological polar surface area (TPSA) is 19.4 Å². The summed E-state index contributed by atoms with van der Waals surface area (Å²) < 4.78 is 0. The van der Waals surface area contributed by atoms with E-state index in [9.17, 15) is 0 Å². The predicted molar refractivity (Wildman–Crippen MR) is 102 cm³/mol. The number of benzene rings is 1. The summed E-state index contributed by atoms with van der Waals surface area (Å²) >= 11 is 0. The van der Waals surface area contributed by atoms with Crippen LogP contribution < -0.4 is 0 Å². The van der Waals surface area contributed by atoms with E-state index < -0.39 is 0 Å². The molecule has 1 atom stereocenters. The summed E-state index contributed by atoms with van der Waals surface area (Å²) in [4.78, 5) is 9.80. The fourth-order valence-electron chi connectivity index (χ4n) is 4.73. The van der Waals surface area contributed by atoms with Crippen LogP contribution in [0.3, 0.4) is 0 Å². The van der Waals surface area contributed by atoms with Crippen LogP contribution in [-0.4, -0.2) is 41.0 Å². The van der Waals surface area contributed by atoms with E-state index in [0.29, 0.717) is 5.41 Å². The van der Waals surface area contributed by atoms with E-state index in [2.05, 4.69) is 58.1 Å². The molecular formula is C22H29N3. The molecule has 132 valence electrons. The van der Waals surface area contributed by atoms with Crippen molar-refractivity contribution in [2.24, 2.45) is 5.41 Å². The molecule has 1 aromatic heterocycles. The Labute approximate surface area is 151 Å². The number of aryl methyl sites for hydroxylation is 1. The van der Waals surface area contributed by atoms with Gasteiger partial charge < -0.3 is 0 Å². The Morgan fingerprint density at radius 3 is 2.64 bits per heavy atom. The van der Waals surface area contributed by atoms with E-state index >= 15 is 0 Å². The summed E-state index contributed by atoms with van der Waals surface area (Å²) in [5, 5.41) is 0. The number of hydrogen-bond acceptors (Lipinski definition) is 3. The highest BCUT2D eigenvalue weighted by molar-refractivity contribution is 5.22. The SMILES string of the molecule is Cc1cccc(CN2CCCC3(CCN(Cc4ccccn4)C3)C2)c1. The minimum absolute atomic E-state index is 0.497. The number of hydrogen-bond donors (Lipinski definition) is 0. The number of likely N-dealkylation sites (tertiary alicyclic amines) is 2. The van der Waals surface area contributed by atoms with Gasteiger partial charge in [0.1, 0.15) is 0 Å². The second kappa shape index (κ2) is 7.27. The summed E-state index contributed by atoms with van der Waals surface area (Å²) in [5.41, 5.74) is 4.52. The van der Waals surface area contributed by atoms with Crippen LogP contribution in [0.25, 0.3) is 0 Å². The second-order valence-electron chi connectivity index (χ2n) is 8.08. The van der Waals surface area contributed by atoms with E-state index in [4.69, 9.17) is 0 Å². The first-order chi connectivity index (χ1) is 12.2. The van der Waals surface area contributed by atoms with Crippen molar-refractivity contribution in [3.63, 3.8) is 0 Å². The van der Waals surface area contributed by atoms with Gasteiger partial charge in [-0.25, -0.2) is 0 Å². The Morgan fingerprint density at radius 2 is 1.84 bits per heavy atom. The summed E-state index contributed by atoms with van der Waals surface area (Å²) in [6.45, 7) is 9.23. The van der Waals surface area contributed by atoms with E-state index in [-0.39, 0.29) is 0 Å². The van der Waals surface area contributed by atoms with E-state index in [0.717, 1.165) is 13.1 Å². The Hall–Kier alpha value is -1.71. The Balaban J connectivity index is 1.37. The minimum atomic E-state index is 0.497. The van der Waals surface area contributed by atoms with Crippen LogP contribution in [0.5, 0.6) is 0 Å². The highest BCUT2D eigenvalue weighted by Gasteiger charge is 2.41. The summed E-state index contributed by atoms with van der Waals surface area (Å²) in [5.74, 6) is 0. The summed E-state index contributed by atoms with van der Waals surface area (Å²) in [6, 6.07) is 15.2. The van der Waals surface area contributed by atoms with Crippen molar-refractivity contribution in [1.82, 2.24) is 14.8 Å². The lowest BCUT2D eigenvalue weighted by atomic mass is 9.79. The highest BCUT2D eigenvalue weighted by Crippen LogP contribution is 2.39. The van der Waals surface area contributed by atoms with Gasteiger partial charge in [-0.05, 0) is 62.4 Å². The first-order valence-corrected chi connectivity index (χ1v) is 9.61. The molecule has 2 saturated heterocycles. The molecule has 0 saturated carbocycles. The zero-order valence-electron chi connectivity index (χ0n) is 15.3. The number of piperidine rings is 1. The van der Waals surface area contributed by atoms with Gasteiger partial charge in [-0.1, -0.05) is 35.9 Å². The Kier molecular flexibility index (Phi) is 4.87. The van der Waals surface area contributed by atoms with Crippen LogP contribution in [0.2, 0.25) is 0 Å². The quantitative estimate of drug-likeness (QED) is 0.845. The standard InChI is InChI=1S/C22H29N3/c1-19-6-4-7-20(14-19)15-24-12-5-9-22(17-24)10-13-25(18-22)16-21-8-2-3-11-23-21/h2-4,6-8,11,14H,5,9-10,12-13,15-18H2,1H3. The van der Waals surface area contributed by atoms with Crippen LogP contribution in [0.15, 0.2) is 48.7 Å². The molecule has 1 unspecified atom stereocenters. The van der Waals surface area contributed by atoms with Gasteiger partial charge in [0.05, 0.1) is 5.69 Å². The van der Waals surface area contributed by atoms with Crippen LogP contribution in [0.4, 0.5) is 0 Å². The molecule has 1 aromatic carbocycles. The maximum atomic E-state index is 4.50. The average Bonchev–Trinajstić information content (AvgIpc) is 2.97. The van der Waals surface area contributed by atoms with Crippen molar-refractivity contribution in [3.05, 3.63) is 65.5 Å². The zero-order valence-corrected chi connectivity index (χ0v) is 15.3. The van der Waals surface area contributed by atoms with E-state index in [1.165, 1.54) is 62.3 Å². The number of pyridine rings is 1. The fraction of sp³-hybridized carbons (Fsp3) is 0.500. The van der Waals surface area contributed by atoms with Crippen molar-refractivity contribution in [2.45, 2.75) is 39.3 Å². The Bertz CT molecular complexity index is 699. The van der Waals surface area contributed by atoms with Gasteiger partial charge in [-0.15, -0.1) is 0 Å². The molecule has 2 fully saturated rings. The molecule has 25 heavy (non-hydrogen) atoms. The third-order valence-electron chi connectivity index (χ3n) is 5.86. The first kappa shape index (κ1) is 16.7. The van der Waals surface area contributed by atoms with Crippen LogP contribution in [-0.2, 0) is 13.1 Å². The number of nitrogens with zero attached hydrogens (tertiary/aromatic N) is 3. The maximum absolute atomic E-state index is 4.50. The lowest BCUT2D eigenvalue weighted by Crippen LogP contribution is -2.44. The summed E-state index contributed by atoms with van der Waals surface area (Å²) in [7, 11) is 0. The van der Waals surface area contributed by atoms with Gasteiger partial charge in [-0.2, -0.15) is 0 Å². The minimum Gasteiger partial charge on any atom is -0.298 e.